The van der Waals surface area contributed by atoms with Crippen LogP contribution in [0.15, 0.2) is 72.9 Å². The average molecular weight is 358 g/mol. The first-order valence-corrected chi connectivity index (χ1v) is 8.29. The molecule has 0 spiro atoms. The lowest BCUT2D eigenvalue weighted by Crippen LogP contribution is -2.13. The number of nitrogens with zero attached hydrogens (tertiary/aromatic N) is 2. The van der Waals surface area contributed by atoms with Gasteiger partial charge in [-0.3, -0.25) is 4.79 Å². The Morgan fingerprint density at radius 2 is 1.70 bits per heavy atom. The number of hydrogen-bond acceptors (Lipinski definition) is 4. The molecule has 3 aromatic carbocycles. The number of amides is 1. The number of nitrogens with two attached hydrogens (primary N) is 1. The van der Waals surface area contributed by atoms with Crippen LogP contribution in [-0.4, -0.2) is 15.9 Å². The highest BCUT2D eigenvalue weighted by Gasteiger charge is 2.14. The molecular formula is C21H15FN4O. The minimum atomic E-state index is -0.580. The molecule has 0 saturated carbocycles. The second-order valence-electron chi connectivity index (χ2n) is 6.02. The van der Waals surface area contributed by atoms with E-state index in [4.69, 9.17) is 5.73 Å². The normalized spacial score (nSPS) is 10.7. The standard InChI is InChI=1S/C21H15FN4O/c22-18-8-6-14(11-17(18)20(27)25-16-4-2-1-3-5-16)13-7-9-19-15(10-13)12-24-21(23)26-19/h1-12H,(H,25,27)(H2,23,24,26). The van der Waals surface area contributed by atoms with Gasteiger partial charge in [-0.05, 0) is 47.5 Å². The van der Waals surface area contributed by atoms with E-state index >= 15 is 0 Å². The first kappa shape index (κ1) is 16.7. The Balaban J connectivity index is 1.69. The Morgan fingerprint density at radius 1 is 0.963 bits per heavy atom. The number of hydrogen-bond donors (Lipinski definition) is 2. The van der Waals surface area contributed by atoms with Crippen LogP contribution in [0.25, 0.3) is 22.0 Å². The predicted octanol–water partition coefficient (Wildman–Crippen LogP) is 4.27. The molecule has 0 atom stereocenters. The molecule has 0 aliphatic heterocycles. The lowest BCUT2D eigenvalue weighted by atomic mass is 10.0. The summed E-state index contributed by atoms with van der Waals surface area (Å²) in [6.07, 6.45) is 1.63. The third kappa shape index (κ3) is 3.46. The molecule has 0 unspecified atom stereocenters. The number of nitrogens with one attached hydrogen (secondary N) is 1. The van der Waals surface area contributed by atoms with Crippen LogP contribution >= 0.6 is 0 Å². The number of rotatable bonds is 3. The molecule has 0 radical (unpaired) electrons. The van der Waals surface area contributed by atoms with Crippen LogP contribution in [0.2, 0.25) is 0 Å². The molecule has 4 aromatic rings. The minimum absolute atomic E-state index is 0.0231. The van der Waals surface area contributed by atoms with Gasteiger partial charge in [-0.15, -0.1) is 0 Å². The van der Waals surface area contributed by atoms with Crippen molar-refractivity contribution in [3.05, 3.63) is 84.3 Å². The van der Waals surface area contributed by atoms with Gasteiger partial charge in [0.15, 0.2) is 0 Å². The van der Waals surface area contributed by atoms with E-state index in [1.807, 2.05) is 24.3 Å². The highest BCUT2D eigenvalue weighted by atomic mass is 19.1. The van der Waals surface area contributed by atoms with Crippen molar-refractivity contribution >= 4 is 28.4 Å². The summed E-state index contributed by atoms with van der Waals surface area (Å²) < 4.78 is 14.2. The Kier molecular flexibility index (Phi) is 4.22. The van der Waals surface area contributed by atoms with Crippen LogP contribution in [0.3, 0.4) is 0 Å². The van der Waals surface area contributed by atoms with Gasteiger partial charge >= 0.3 is 0 Å². The summed E-state index contributed by atoms with van der Waals surface area (Å²) in [6.45, 7) is 0. The van der Waals surface area contributed by atoms with Crippen molar-refractivity contribution in [2.75, 3.05) is 11.1 Å². The molecule has 0 aliphatic rings. The molecule has 0 bridgehead atoms. The zero-order chi connectivity index (χ0) is 18.8. The van der Waals surface area contributed by atoms with Gasteiger partial charge in [0, 0.05) is 17.3 Å². The summed E-state index contributed by atoms with van der Waals surface area (Å²) in [7, 11) is 0. The van der Waals surface area contributed by atoms with Crippen molar-refractivity contribution < 1.29 is 9.18 Å². The van der Waals surface area contributed by atoms with Crippen LogP contribution in [0.4, 0.5) is 16.0 Å². The fraction of sp³-hybridized carbons (Fsp3) is 0. The summed E-state index contributed by atoms with van der Waals surface area (Å²) in [5, 5.41) is 3.51. The van der Waals surface area contributed by atoms with Crippen LogP contribution in [0.1, 0.15) is 10.4 Å². The summed E-state index contributed by atoms with van der Waals surface area (Å²) in [5.74, 6) is -0.876. The Morgan fingerprint density at radius 3 is 2.52 bits per heavy atom. The number of carbonyl (C=O) groups excluding carboxylic acids is 1. The van der Waals surface area contributed by atoms with Crippen LogP contribution in [0, 0.1) is 5.82 Å². The molecule has 3 N–H and O–H groups in total. The van der Waals surface area contributed by atoms with Gasteiger partial charge in [0.1, 0.15) is 5.82 Å². The number of nitrogen functional groups attached to an aromatic ring is 1. The molecule has 6 heteroatoms. The fourth-order valence-electron chi connectivity index (χ4n) is 2.83. The van der Waals surface area contributed by atoms with Crippen molar-refractivity contribution in [1.82, 2.24) is 9.97 Å². The summed E-state index contributed by atoms with van der Waals surface area (Å²) in [4.78, 5) is 20.6. The van der Waals surface area contributed by atoms with Gasteiger partial charge in [-0.1, -0.05) is 30.3 Å². The molecule has 4 rings (SSSR count). The average Bonchev–Trinajstić information content (AvgIpc) is 2.68. The maximum absolute atomic E-state index is 14.2. The third-order valence-electron chi connectivity index (χ3n) is 4.17. The highest BCUT2D eigenvalue weighted by Crippen LogP contribution is 2.26. The molecule has 0 saturated heterocycles. The first-order chi connectivity index (χ1) is 13.1. The van der Waals surface area contributed by atoms with Crippen LogP contribution in [0.5, 0.6) is 0 Å². The second kappa shape index (κ2) is 6.84. The molecule has 132 valence electrons. The fourth-order valence-corrected chi connectivity index (χ4v) is 2.83. The number of benzene rings is 3. The topological polar surface area (TPSA) is 80.9 Å². The van der Waals surface area contributed by atoms with Gasteiger partial charge in [0.25, 0.3) is 5.91 Å². The number of carbonyl (C=O) groups is 1. The zero-order valence-corrected chi connectivity index (χ0v) is 14.2. The van der Waals surface area contributed by atoms with E-state index in [0.717, 1.165) is 16.5 Å². The summed E-state index contributed by atoms with van der Waals surface area (Å²) in [6, 6.07) is 18.9. The van der Waals surface area contributed by atoms with Gasteiger partial charge in [-0.25, -0.2) is 14.4 Å². The first-order valence-electron chi connectivity index (χ1n) is 8.29. The van der Waals surface area contributed by atoms with E-state index in [1.165, 1.54) is 12.1 Å². The minimum Gasteiger partial charge on any atom is -0.368 e. The number of halogens is 1. The van der Waals surface area contributed by atoms with Gasteiger partial charge < -0.3 is 11.1 Å². The van der Waals surface area contributed by atoms with E-state index in [-0.39, 0.29) is 11.5 Å². The van der Waals surface area contributed by atoms with Crippen molar-refractivity contribution in [1.29, 1.82) is 0 Å². The molecule has 1 heterocycles. The Hall–Kier alpha value is -3.80. The lowest BCUT2D eigenvalue weighted by Gasteiger charge is -2.09. The second-order valence-corrected chi connectivity index (χ2v) is 6.02. The maximum atomic E-state index is 14.2. The largest absolute Gasteiger partial charge is 0.368 e. The summed E-state index contributed by atoms with van der Waals surface area (Å²) >= 11 is 0. The molecule has 1 aromatic heterocycles. The lowest BCUT2D eigenvalue weighted by molar-refractivity contribution is 0.102. The van der Waals surface area contributed by atoms with Crippen molar-refractivity contribution in [2.45, 2.75) is 0 Å². The number of fused-ring (bicyclic) bond motifs is 1. The van der Waals surface area contributed by atoms with Gasteiger partial charge in [0.05, 0.1) is 11.1 Å². The highest BCUT2D eigenvalue weighted by molar-refractivity contribution is 6.05. The maximum Gasteiger partial charge on any atom is 0.258 e. The van der Waals surface area contributed by atoms with Gasteiger partial charge in [0.2, 0.25) is 5.95 Å². The van der Waals surface area contributed by atoms with Crippen molar-refractivity contribution in [2.24, 2.45) is 0 Å². The Labute approximate surface area is 154 Å². The molecular weight excluding hydrogens is 343 g/mol. The molecule has 0 fully saturated rings. The quantitative estimate of drug-likeness (QED) is 0.573. The van der Waals surface area contributed by atoms with E-state index in [9.17, 15) is 9.18 Å². The van der Waals surface area contributed by atoms with E-state index < -0.39 is 11.7 Å². The molecule has 5 nitrogen and oxygen atoms in total. The van der Waals surface area contributed by atoms with Gasteiger partial charge in [-0.2, -0.15) is 0 Å². The van der Waals surface area contributed by atoms with Crippen molar-refractivity contribution in [3.8, 4) is 11.1 Å². The molecule has 1 amide bonds. The predicted molar refractivity (Wildman–Crippen MR) is 104 cm³/mol. The molecule has 27 heavy (non-hydrogen) atoms. The van der Waals surface area contributed by atoms with E-state index in [1.54, 1.807) is 36.5 Å². The number of anilines is 2. The van der Waals surface area contributed by atoms with Crippen LogP contribution < -0.4 is 11.1 Å². The smallest absolute Gasteiger partial charge is 0.258 e. The Bertz CT molecular complexity index is 1150. The third-order valence-corrected chi connectivity index (χ3v) is 4.17. The van der Waals surface area contributed by atoms with E-state index in [2.05, 4.69) is 15.3 Å². The van der Waals surface area contributed by atoms with Crippen LogP contribution in [-0.2, 0) is 0 Å². The monoisotopic (exact) mass is 358 g/mol. The molecule has 0 aliphatic carbocycles. The zero-order valence-electron chi connectivity index (χ0n) is 14.2. The SMILES string of the molecule is Nc1ncc2cc(-c3ccc(F)c(C(=O)Nc4ccccc4)c3)ccc2n1. The number of para-hydroxylation sites is 1. The summed E-state index contributed by atoms with van der Waals surface area (Å²) in [5.41, 5.74) is 8.44. The van der Waals surface area contributed by atoms with E-state index in [0.29, 0.717) is 11.3 Å². The van der Waals surface area contributed by atoms with Crippen molar-refractivity contribution in [3.63, 3.8) is 0 Å². The number of aromatic nitrogens is 2.